The summed E-state index contributed by atoms with van der Waals surface area (Å²) in [5.74, 6) is 0.800. The van der Waals surface area contributed by atoms with Gasteiger partial charge in [-0.1, -0.05) is 29.3 Å². The Morgan fingerprint density at radius 3 is 2.85 bits per heavy atom. The first-order valence-electron chi connectivity index (χ1n) is 6.18. The highest BCUT2D eigenvalue weighted by atomic mass is 127. The normalized spacial score (nSPS) is 15.1. The van der Waals surface area contributed by atoms with Crippen LogP contribution in [0.15, 0.2) is 28.3 Å². The summed E-state index contributed by atoms with van der Waals surface area (Å²) < 4.78 is 0. The van der Waals surface area contributed by atoms with E-state index in [1.54, 1.807) is 23.4 Å². The molecule has 0 fully saturated rings. The zero-order valence-corrected chi connectivity index (χ0v) is 15.0. The number of hydrogen-bond acceptors (Lipinski definition) is 4. The van der Waals surface area contributed by atoms with E-state index in [0.717, 1.165) is 37.5 Å². The summed E-state index contributed by atoms with van der Waals surface area (Å²) >= 11 is 11.8. The zero-order valence-electron chi connectivity index (χ0n) is 11.1. The number of aliphatic imine (C=N–C) groups is 1. The second kappa shape index (κ2) is 8.69. The van der Waals surface area contributed by atoms with E-state index in [1.165, 1.54) is 0 Å². The fraction of sp³-hybridized carbons (Fsp3) is 0.385. The van der Waals surface area contributed by atoms with Crippen LogP contribution >= 0.6 is 47.2 Å². The van der Waals surface area contributed by atoms with Gasteiger partial charge in [0, 0.05) is 20.1 Å². The lowest BCUT2D eigenvalue weighted by Gasteiger charge is -2.15. The summed E-state index contributed by atoms with van der Waals surface area (Å²) in [6, 6.07) is 5.41. The average Bonchev–Trinajstić information content (AvgIpc) is 2.69. The molecule has 1 heterocycles. The third-order valence-electron chi connectivity index (χ3n) is 2.76. The molecule has 1 aliphatic rings. The van der Waals surface area contributed by atoms with Crippen LogP contribution in [0.4, 0.5) is 0 Å². The molecule has 1 aromatic rings. The largest absolute Gasteiger partial charge is 0.355 e. The van der Waals surface area contributed by atoms with Crippen molar-refractivity contribution < 1.29 is 0 Å². The number of guanidine groups is 1. The minimum absolute atomic E-state index is 0. The predicted molar refractivity (Wildman–Crippen MR) is 96.8 cm³/mol. The number of nitrogens with zero attached hydrogens (tertiary/aromatic N) is 3. The SMILES string of the molecule is CN(/N=C/c1ccc(Cl)c(Cl)c1)C1=NCCCCN1.I. The molecule has 0 unspecified atom stereocenters. The van der Waals surface area contributed by atoms with Crippen LogP contribution in [0.1, 0.15) is 18.4 Å². The Hall–Kier alpha value is -0.530. The maximum Gasteiger partial charge on any atom is 0.214 e. The van der Waals surface area contributed by atoms with Crippen molar-refractivity contribution in [2.75, 3.05) is 20.1 Å². The number of rotatable bonds is 2. The second-order valence-corrected chi connectivity index (χ2v) is 5.10. The van der Waals surface area contributed by atoms with Gasteiger partial charge in [0.2, 0.25) is 5.96 Å². The van der Waals surface area contributed by atoms with Crippen molar-refractivity contribution in [1.82, 2.24) is 10.3 Å². The maximum atomic E-state index is 5.96. The Morgan fingerprint density at radius 2 is 2.10 bits per heavy atom. The number of hydrogen-bond donors (Lipinski definition) is 1. The van der Waals surface area contributed by atoms with Crippen LogP contribution in [0.25, 0.3) is 0 Å². The Kier molecular flexibility index (Phi) is 7.61. The average molecular weight is 427 g/mol. The zero-order chi connectivity index (χ0) is 13.7. The standard InChI is InChI=1S/C13H16Cl2N4.HI/c1-19(13-16-6-2-3-7-17-13)18-9-10-4-5-11(14)12(15)8-10;/h4-5,8-9H,2-3,6-7H2,1H3,(H,16,17);1H/b18-9+;. The van der Waals surface area contributed by atoms with E-state index >= 15 is 0 Å². The van der Waals surface area contributed by atoms with Crippen LogP contribution < -0.4 is 5.32 Å². The molecule has 0 saturated carbocycles. The highest BCUT2D eigenvalue weighted by molar-refractivity contribution is 14.0. The van der Waals surface area contributed by atoms with E-state index in [9.17, 15) is 0 Å². The first-order valence-corrected chi connectivity index (χ1v) is 6.93. The fourth-order valence-corrected chi connectivity index (χ4v) is 2.00. The lowest BCUT2D eigenvalue weighted by molar-refractivity contribution is 0.521. The summed E-state index contributed by atoms with van der Waals surface area (Å²) in [6.07, 6.45) is 3.98. The van der Waals surface area contributed by atoms with Crippen molar-refractivity contribution in [3.63, 3.8) is 0 Å². The molecule has 20 heavy (non-hydrogen) atoms. The van der Waals surface area contributed by atoms with Crippen molar-refractivity contribution in [3.05, 3.63) is 33.8 Å². The van der Waals surface area contributed by atoms with Gasteiger partial charge < -0.3 is 5.32 Å². The molecule has 0 aliphatic carbocycles. The van der Waals surface area contributed by atoms with E-state index in [1.807, 2.05) is 13.1 Å². The van der Waals surface area contributed by atoms with Crippen molar-refractivity contribution in [2.24, 2.45) is 10.1 Å². The lowest BCUT2D eigenvalue weighted by atomic mass is 10.2. The minimum atomic E-state index is 0. The topological polar surface area (TPSA) is 40.0 Å². The van der Waals surface area contributed by atoms with Crippen molar-refractivity contribution in [3.8, 4) is 0 Å². The Bertz CT molecular complexity index is 505. The summed E-state index contributed by atoms with van der Waals surface area (Å²) in [5, 5.41) is 10.4. The molecule has 1 N–H and O–H groups in total. The molecule has 1 aliphatic heterocycles. The smallest absolute Gasteiger partial charge is 0.214 e. The molecule has 0 atom stereocenters. The molecule has 0 radical (unpaired) electrons. The molecule has 0 bridgehead atoms. The highest BCUT2D eigenvalue weighted by Crippen LogP contribution is 2.21. The summed E-state index contributed by atoms with van der Waals surface area (Å²) in [4.78, 5) is 4.44. The highest BCUT2D eigenvalue weighted by Gasteiger charge is 2.06. The van der Waals surface area contributed by atoms with Gasteiger partial charge in [0.05, 0.1) is 16.3 Å². The molecule has 0 aromatic heterocycles. The fourth-order valence-electron chi connectivity index (χ4n) is 1.70. The van der Waals surface area contributed by atoms with Crippen LogP contribution in [0.5, 0.6) is 0 Å². The Balaban J connectivity index is 0.00000200. The summed E-state index contributed by atoms with van der Waals surface area (Å²) in [6.45, 7) is 1.78. The van der Waals surface area contributed by atoms with Gasteiger partial charge in [-0.25, -0.2) is 5.01 Å². The van der Waals surface area contributed by atoms with Crippen LogP contribution in [0.2, 0.25) is 10.0 Å². The van der Waals surface area contributed by atoms with Gasteiger partial charge in [0.15, 0.2) is 0 Å². The molecular formula is C13H17Cl2IN4. The van der Waals surface area contributed by atoms with Gasteiger partial charge in [-0.15, -0.1) is 24.0 Å². The quantitative estimate of drug-likeness (QED) is 0.445. The van der Waals surface area contributed by atoms with Crippen molar-refractivity contribution in [2.45, 2.75) is 12.8 Å². The summed E-state index contributed by atoms with van der Waals surface area (Å²) in [7, 11) is 1.87. The first-order chi connectivity index (χ1) is 9.16. The van der Waals surface area contributed by atoms with E-state index < -0.39 is 0 Å². The molecule has 0 amide bonds. The molecule has 0 saturated heterocycles. The molecule has 2 rings (SSSR count). The van der Waals surface area contributed by atoms with E-state index in [2.05, 4.69) is 15.4 Å². The van der Waals surface area contributed by atoms with Gasteiger partial charge in [-0.3, -0.25) is 4.99 Å². The van der Waals surface area contributed by atoms with Gasteiger partial charge >= 0.3 is 0 Å². The Labute approximate surface area is 146 Å². The Morgan fingerprint density at radius 1 is 1.30 bits per heavy atom. The molecule has 0 spiro atoms. The van der Waals surface area contributed by atoms with Crippen molar-refractivity contribution >= 4 is 59.4 Å². The number of benzene rings is 1. The molecule has 7 heteroatoms. The monoisotopic (exact) mass is 426 g/mol. The van der Waals surface area contributed by atoms with Crippen LogP contribution in [-0.4, -0.2) is 37.3 Å². The second-order valence-electron chi connectivity index (χ2n) is 4.28. The third kappa shape index (κ3) is 5.10. The molecule has 110 valence electrons. The number of hydrazone groups is 1. The third-order valence-corrected chi connectivity index (χ3v) is 3.50. The van der Waals surface area contributed by atoms with E-state index in [-0.39, 0.29) is 24.0 Å². The van der Waals surface area contributed by atoms with Crippen LogP contribution in [-0.2, 0) is 0 Å². The maximum absolute atomic E-state index is 5.96. The first kappa shape index (κ1) is 17.5. The van der Waals surface area contributed by atoms with Crippen molar-refractivity contribution in [1.29, 1.82) is 0 Å². The van der Waals surface area contributed by atoms with Gasteiger partial charge in [-0.2, -0.15) is 5.10 Å². The molecule has 4 nitrogen and oxygen atoms in total. The molecular weight excluding hydrogens is 410 g/mol. The van der Waals surface area contributed by atoms with E-state index in [0.29, 0.717) is 10.0 Å². The predicted octanol–water partition coefficient (Wildman–Crippen LogP) is 3.62. The molecule has 1 aromatic carbocycles. The van der Waals surface area contributed by atoms with Gasteiger partial charge in [-0.05, 0) is 30.5 Å². The van der Waals surface area contributed by atoms with E-state index in [4.69, 9.17) is 23.2 Å². The number of nitrogens with one attached hydrogen (secondary N) is 1. The van der Waals surface area contributed by atoms with Gasteiger partial charge in [0.1, 0.15) is 0 Å². The lowest BCUT2D eigenvalue weighted by Crippen LogP contribution is -2.35. The van der Waals surface area contributed by atoms with Crippen LogP contribution in [0.3, 0.4) is 0 Å². The van der Waals surface area contributed by atoms with Gasteiger partial charge in [0.25, 0.3) is 0 Å². The van der Waals surface area contributed by atoms with Crippen LogP contribution in [0, 0.1) is 0 Å². The summed E-state index contributed by atoms with van der Waals surface area (Å²) in [5.41, 5.74) is 0.899. The number of halogens is 3. The minimum Gasteiger partial charge on any atom is -0.355 e.